The largest absolute Gasteiger partial charge is 0.340 e. The number of rotatable bonds is 7. The third kappa shape index (κ3) is 4.55. The summed E-state index contributed by atoms with van der Waals surface area (Å²) in [5, 5.41) is 0. The van der Waals surface area contributed by atoms with E-state index in [0.29, 0.717) is 30.8 Å². The van der Waals surface area contributed by atoms with Crippen molar-refractivity contribution in [1.82, 2.24) is 19.4 Å². The van der Waals surface area contributed by atoms with Crippen molar-refractivity contribution >= 4 is 17.1 Å². The number of hydrogen-bond donors (Lipinski definition) is 0. The molecule has 30 heavy (non-hydrogen) atoms. The molecule has 0 bridgehead atoms. The molecule has 164 valence electrons. The van der Waals surface area contributed by atoms with Crippen LogP contribution in [0.4, 0.5) is 0 Å². The first kappa shape index (κ1) is 21.3. The molecule has 0 unspecified atom stereocenters. The molecule has 0 spiro atoms. The van der Waals surface area contributed by atoms with Gasteiger partial charge in [-0.2, -0.15) is 0 Å². The molecule has 0 aliphatic heterocycles. The monoisotopic (exact) mass is 410 g/mol. The Morgan fingerprint density at radius 1 is 1.10 bits per heavy atom. The van der Waals surface area contributed by atoms with Crippen LogP contribution in [0.3, 0.4) is 0 Å². The van der Waals surface area contributed by atoms with E-state index < -0.39 is 0 Å². The zero-order valence-electron chi connectivity index (χ0n) is 18.9. The average molecular weight is 411 g/mol. The Kier molecular flexibility index (Phi) is 7.06. The van der Waals surface area contributed by atoms with Crippen LogP contribution in [0.15, 0.2) is 18.3 Å². The van der Waals surface area contributed by atoms with Crippen LogP contribution in [0.1, 0.15) is 96.2 Å². The normalized spacial score (nSPS) is 23.0. The van der Waals surface area contributed by atoms with Gasteiger partial charge in [0.2, 0.25) is 5.91 Å². The fraction of sp³-hybridized carbons (Fsp3) is 0.720. The zero-order chi connectivity index (χ0) is 20.9. The van der Waals surface area contributed by atoms with E-state index in [2.05, 4.69) is 34.4 Å². The molecule has 2 aliphatic rings. The minimum absolute atomic E-state index is 0.294. The molecule has 2 aromatic heterocycles. The lowest BCUT2D eigenvalue weighted by Crippen LogP contribution is -2.41. The number of imidazole rings is 1. The van der Waals surface area contributed by atoms with Crippen LogP contribution in [-0.4, -0.2) is 37.9 Å². The molecule has 4 rings (SSSR count). The molecular formula is C25H38N4O. The van der Waals surface area contributed by atoms with Gasteiger partial charge in [0.25, 0.3) is 0 Å². The summed E-state index contributed by atoms with van der Waals surface area (Å²) in [4.78, 5) is 24.9. The lowest BCUT2D eigenvalue weighted by molar-refractivity contribution is -0.134. The summed E-state index contributed by atoms with van der Waals surface area (Å²) in [5.74, 6) is 2.82. The molecule has 2 heterocycles. The lowest BCUT2D eigenvalue weighted by Gasteiger charge is -2.34. The van der Waals surface area contributed by atoms with Crippen molar-refractivity contribution in [1.29, 1.82) is 0 Å². The van der Waals surface area contributed by atoms with Crippen LogP contribution in [0.5, 0.6) is 0 Å². The molecule has 2 aromatic rings. The Morgan fingerprint density at radius 3 is 2.57 bits per heavy atom. The maximum Gasteiger partial charge on any atom is 0.224 e. The summed E-state index contributed by atoms with van der Waals surface area (Å²) in [6.07, 6.45) is 14.9. The summed E-state index contributed by atoms with van der Waals surface area (Å²) in [7, 11) is 0. The van der Waals surface area contributed by atoms with Crippen molar-refractivity contribution in [3.8, 4) is 0 Å². The topological polar surface area (TPSA) is 51.0 Å². The molecule has 2 fully saturated rings. The number of hydrogen-bond acceptors (Lipinski definition) is 3. The van der Waals surface area contributed by atoms with Gasteiger partial charge >= 0.3 is 0 Å². The summed E-state index contributed by atoms with van der Waals surface area (Å²) < 4.78 is 2.26. The predicted molar refractivity (Wildman–Crippen MR) is 121 cm³/mol. The summed E-state index contributed by atoms with van der Waals surface area (Å²) in [6.45, 7) is 5.94. The van der Waals surface area contributed by atoms with Gasteiger partial charge < -0.3 is 9.47 Å². The molecule has 5 heteroatoms. The predicted octanol–water partition coefficient (Wildman–Crippen LogP) is 5.69. The average Bonchev–Trinajstić information content (AvgIpc) is 3.17. The summed E-state index contributed by atoms with van der Waals surface area (Å²) >= 11 is 0. The van der Waals surface area contributed by atoms with Gasteiger partial charge in [0, 0.05) is 37.7 Å². The van der Waals surface area contributed by atoms with E-state index in [1.54, 1.807) is 0 Å². The van der Waals surface area contributed by atoms with E-state index in [-0.39, 0.29) is 0 Å². The quantitative estimate of drug-likeness (QED) is 0.589. The molecule has 0 N–H and O–H groups in total. The van der Waals surface area contributed by atoms with Crippen molar-refractivity contribution in [3.05, 3.63) is 24.2 Å². The van der Waals surface area contributed by atoms with Crippen molar-refractivity contribution in [2.24, 2.45) is 5.92 Å². The minimum Gasteiger partial charge on any atom is -0.340 e. The zero-order valence-corrected chi connectivity index (χ0v) is 18.9. The highest BCUT2D eigenvalue weighted by molar-refractivity contribution is 5.77. The van der Waals surface area contributed by atoms with E-state index >= 15 is 0 Å². The number of carbonyl (C=O) groups excluding carboxylic acids is 1. The molecule has 0 aromatic carbocycles. The highest BCUT2D eigenvalue weighted by Crippen LogP contribution is 2.37. The maximum absolute atomic E-state index is 13.1. The number of aromatic nitrogens is 3. The van der Waals surface area contributed by atoms with Crippen molar-refractivity contribution in [2.75, 3.05) is 6.54 Å². The van der Waals surface area contributed by atoms with Crippen LogP contribution >= 0.6 is 0 Å². The second-order valence-electron chi connectivity index (χ2n) is 9.32. The smallest absolute Gasteiger partial charge is 0.224 e. The first-order valence-electron chi connectivity index (χ1n) is 12.3. The van der Waals surface area contributed by atoms with Gasteiger partial charge in [0.05, 0.1) is 0 Å². The van der Waals surface area contributed by atoms with E-state index in [9.17, 15) is 4.79 Å². The molecule has 0 saturated heterocycles. The van der Waals surface area contributed by atoms with Gasteiger partial charge in [-0.3, -0.25) is 4.79 Å². The van der Waals surface area contributed by atoms with Crippen molar-refractivity contribution in [3.63, 3.8) is 0 Å². The number of pyridine rings is 1. The van der Waals surface area contributed by atoms with E-state index in [0.717, 1.165) is 29.5 Å². The summed E-state index contributed by atoms with van der Waals surface area (Å²) in [5.41, 5.74) is 1.91. The van der Waals surface area contributed by atoms with Gasteiger partial charge in [0.15, 0.2) is 5.65 Å². The van der Waals surface area contributed by atoms with Crippen molar-refractivity contribution in [2.45, 2.75) is 103 Å². The van der Waals surface area contributed by atoms with E-state index in [4.69, 9.17) is 4.98 Å². The van der Waals surface area contributed by atoms with Crippen LogP contribution < -0.4 is 0 Å². The maximum atomic E-state index is 13.1. The number of carbonyl (C=O) groups is 1. The Balaban J connectivity index is 1.50. The fourth-order valence-electron chi connectivity index (χ4n) is 5.72. The number of aryl methyl sites for hydroxylation is 1. The van der Waals surface area contributed by atoms with E-state index in [1.807, 2.05) is 12.3 Å². The molecule has 2 saturated carbocycles. The van der Waals surface area contributed by atoms with Crippen LogP contribution in [0.25, 0.3) is 11.2 Å². The second kappa shape index (κ2) is 9.93. The van der Waals surface area contributed by atoms with Crippen LogP contribution in [0.2, 0.25) is 0 Å². The highest BCUT2D eigenvalue weighted by atomic mass is 16.2. The van der Waals surface area contributed by atoms with Gasteiger partial charge in [-0.25, -0.2) is 9.97 Å². The number of amides is 1. The van der Waals surface area contributed by atoms with Crippen LogP contribution in [-0.2, 0) is 11.3 Å². The SMILES string of the molecule is CCN(C(=O)CCn1c2ncccc2nc1[C@H]1CC[C@H](CC)CC1)C1CCCCC1. The molecule has 5 nitrogen and oxygen atoms in total. The Morgan fingerprint density at radius 2 is 1.87 bits per heavy atom. The van der Waals surface area contributed by atoms with Gasteiger partial charge in [-0.15, -0.1) is 0 Å². The summed E-state index contributed by atoms with van der Waals surface area (Å²) in [6, 6.07) is 4.46. The first-order valence-corrected chi connectivity index (χ1v) is 12.3. The lowest BCUT2D eigenvalue weighted by atomic mass is 9.80. The van der Waals surface area contributed by atoms with Crippen LogP contribution in [0, 0.1) is 5.92 Å². The van der Waals surface area contributed by atoms with Gasteiger partial charge in [-0.05, 0) is 63.5 Å². The highest BCUT2D eigenvalue weighted by Gasteiger charge is 2.28. The first-order chi connectivity index (χ1) is 14.7. The fourth-order valence-corrected chi connectivity index (χ4v) is 5.72. The Hall–Kier alpha value is -1.91. The number of nitrogens with zero attached hydrogens (tertiary/aromatic N) is 4. The molecule has 0 radical (unpaired) electrons. The van der Waals surface area contributed by atoms with Crippen molar-refractivity contribution < 1.29 is 4.79 Å². The standard InChI is InChI=1S/C25H38N4O/c1-3-19-12-14-20(15-13-19)24-27-22-11-8-17-26-25(22)29(24)18-16-23(30)28(4-2)21-9-6-5-7-10-21/h8,11,17,19-21H,3-7,9-10,12-16,18H2,1-2H3/t19-,20-. The Labute approximate surface area is 181 Å². The van der Waals surface area contributed by atoms with Gasteiger partial charge in [0.1, 0.15) is 11.3 Å². The molecule has 1 amide bonds. The minimum atomic E-state index is 0.294. The third-order valence-electron chi connectivity index (χ3n) is 7.55. The van der Waals surface area contributed by atoms with E-state index in [1.165, 1.54) is 64.2 Å². The molecular weight excluding hydrogens is 372 g/mol. The third-order valence-corrected chi connectivity index (χ3v) is 7.55. The number of fused-ring (bicyclic) bond motifs is 1. The second-order valence-corrected chi connectivity index (χ2v) is 9.32. The molecule has 0 atom stereocenters. The van der Waals surface area contributed by atoms with Gasteiger partial charge in [-0.1, -0.05) is 32.6 Å². The Bertz CT molecular complexity index is 831. The molecule has 2 aliphatic carbocycles.